The van der Waals surface area contributed by atoms with E-state index >= 15 is 0 Å². The van der Waals surface area contributed by atoms with Gasteiger partial charge in [0.25, 0.3) is 0 Å². The molecule has 0 unspecified atom stereocenters. The van der Waals surface area contributed by atoms with Gasteiger partial charge >= 0.3 is 0 Å². The van der Waals surface area contributed by atoms with E-state index in [9.17, 15) is 4.79 Å². The molecule has 0 bridgehead atoms. The van der Waals surface area contributed by atoms with Gasteiger partial charge in [0.05, 0.1) is 0 Å². The van der Waals surface area contributed by atoms with E-state index in [4.69, 9.17) is 0 Å². The van der Waals surface area contributed by atoms with Crippen LogP contribution in [0.3, 0.4) is 0 Å². The Morgan fingerprint density at radius 3 is 2.47 bits per heavy atom. The van der Waals surface area contributed by atoms with Gasteiger partial charge in [-0.25, -0.2) is 0 Å². The average Bonchev–Trinajstić information content (AvgIpc) is 2.39. The predicted octanol–water partition coefficient (Wildman–Crippen LogP) is 2.03. The summed E-state index contributed by atoms with van der Waals surface area (Å²) in [6.45, 7) is 6.06. The summed E-state index contributed by atoms with van der Waals surface area (Å²) in [6.07, 6.45) is 0.574. The molecular formula is C14H20N2O. The van der Waals surface area contributed by atoms with Crippen molar-refractivity contribution < 1.29 is 4.79 Å². The number of hydrogen-bond acceptors (Lipinski definition) is 3. The minimum absolute atomic E-state index is 0.236. The van der Waals surface area contributed by atoms with Gasteiger partial charge in [0, 0.05) is 43.9 Å². The number of Topliss-reactive ketones (excluding diaryl/α,β-unsaturated/α-hetero) is 1. The van der Waals surface area contributed by atoms with E-state index < -0.39 is 0 Å². The molecule has 0 spiro atoms. The highest BCUT2D eigenvalue weighted by atomic mass is 16.1. The molecule has 0 aromatic heterocycles. The smallest absolute Gasteiger partial charge is 0.164 e. The van der Waals surface area contributed by atoms with Crippen LogP contribution in [0.15, 0.2) is 24.3 Å². The Morgan fingerprint density at radius 2 is 1.82 bits per heavy atom. The van der Waals surface area contributed by atoms with Crippen molar-refractivity contribution in [2.24, 2.45) is 0 Å². The first kappa shape index (κ1) is 12.1. The zero-order valence-electron chi connectivity index (χ0n) is 10.6. The topological polar surface area (TPSA) is 23.6 Å². The Hall–Kier alpha value is -1.35. The highest BCUT2D eigenvalue weighted by molar-refractivity contribution is 6.01. The lowest BCUT2D eigenvalue weighted by molar-refractivity contribution is 0.0988. The van der Waals surface area contributed by atoms with Crippen LogP contribution in [0.2, 0.25) is 0 Å². The van der Waals surface area contributed by atoms with Crippen molar-refractivity contribution in [1.29, 1.82) is 0 Å². The summed E-state index contributed by atoms with van der Waals surface area (Å²) in [5.41, 5.74) is 1.98. The van der Waals surface area contributed by atoms with Crippen LogP contribution in [0.4, 0.5) is 5.69 Å². The van der Waals surface area contributed by atoms with Gasteiger partial charge < -0.3 is 9.80 Å². The van der Waals surface area contributed by atoms with Gasteiger partial charge in [-0.1, -0.05) is 19.1 Å². The van der Waals surface area contributed by atoms with Crippen molar-refractivity contribution in [3.8, 4) is 0 Å². The molecule has 3 nitrogen and oxygen atoms in total. The zero-order valence-corrected chi connectivity index (χ0v) is 10.6. The summed E-state index contributed by atoms with van der Waals surface area (Å²) in [5, 5.41) is 0. The summed E-state index contributed by atoms with van der Waals surface area (Å²) in [4.78, 5) is 16.5. The Morgan fingerprint density at radius 1 is 1.18 bits per heavy atom. The van der Waals surface area contributed by atoms with Gasteiger partial charge in [-0.15, -0.1) is 0 Å². The lowest BCUT2D eigenvalue weighted by atomic mass is 10.1. The van der Waals surface area contributed by atoms with E-state index in [-0.39, 0.29) is 5.78 Å². The van der Waals surface area contributed by atoms with Gasteiger partial charge in [-0.2, -0.15) is 0 Å². The first-order chi connectivity index (χ1) is 8.22. The highest BCUT2D eigenvalue weighted by Crippen LogP contribution is 2.22. The van der Waals surface area contributed by atoms with Gasteiger partial charge in [-0.05, 0) is 19.2 Å². The molecular weight excluding hydrogens is 212 g/mol. The minimum Gasteiger partial charge on any atom is -0.368 e. The van der Waals surface area contributed by atoms with Crippen molar-refractivity contribution in [3.63, 3.8) is 0 Å². The lowest BCUT2D eigenvalue weighted by Gasteiger charge is -2.35. The fraction of sp³-hybridized carbons (Fsp3) is 0.500. The molecule has 0 radical (unpaired) electrons. The van der Waals surface area contributed by atoms with Crippen LogP contribution < -0.4 is 4.90 Å². The van der Waals surface area contributed by atoms with E-state index in [1.807, 2.05) is 25.1 Å². The van der Waals surface area contributed by atoms with Crippen LogP contribution in [0.1, 0.15) is 23.7 Å². The number of anilines is 1. The van der Waals surface area contributed by atoms with E-state index in [2.05, 4.69) is 22.9 Å². The second kappa shape index (κ2) is 5.32. The average molecular weight is 232 g/mol. The predicted molar refractivity (Wildman–Crippen MR) is 70.8 cm³/mol. The summed E-state index contributed by atoms with van der Waals surface area (Å²) in [6, 6.07) is 7.97. The number of hydrogen-bond donors (Lipinski definition) is 0. The van der Waals surface area contributed by atoms with Crippen molar-refractivity contribution in [3.05, 3.63) is 29.8 Å². The van der Waals surface area contributed by atoms with E-state index in [1.165, 1.54) is 0 Å². The minimum atomic E-state index is 0.236. The van der Waals surface area contributed by atoms with Crippen LogP contribution >= 0.6 is 0 Å². The monoisotopic (exact) mass is 232 g/mol. The van der Waals surface area contributed by atoms with Crippen molar-refractivity contribution in [2.75, 3.05) is 38.1 Å². The number of carbonyl (C=O) groups excluding carboxylic acids is 1. The molecule has 0 aliphatic carbocycles. The molecule has 1 fully saturated rings. The van der Waals surface area contributed by atoms with E-state index in [0.717, 1.165) is 37.4 Å². The highest BCUT2D eigenvalue weighted by Gasteiger charge is 2.18. The summed E-state index contributed by atoms with van der Waals surface area (Å²) in [7, 11) is 2.14. The Balaban J connectivity index is 2.23. The quantitative estimate of drug-likeness (QED) is 0.745. The number of nitrogens with zero attached hydrogens (tertiary/aromatic N) is 2. The molecule has 2 rings (SSSR count). The number of rotatable bonds is 3. The molecule has 1 aliphatic rings. The van der Waals surface area contributed by atoms with Crippen LogP contribution in [0.25, 0.3) is 0 Å². The maximum absolute atomic E-state index is 11.9. The van der Waals surface area contributed by atoms with Gasteiger partial charge in [0.15, 0.2) is 5.78 Å². The van der Waals surface area contributed by atoms with Gasteiger partial charge in [-0.3, -0.25) is 4.79 Å². The Bertz CT molecular complexity index is 395. The molecule has 0 saturated carbocycles. The molecule has 17 heavy (non-hydrogen) atoms. The summed E-state index contributed by atoms with van der Waals surface area (Å²) < 4.78 is 0. The Kier molecular flexibility index (Phi) is 3.79. The summed E-state index contributed by atoms with van der Waals surface area (Å²) in [5.74, 6) is 0.236. The second-order valence-corrected chi connectivity index (χ2v) is 4.58. The van der Waals surface area contributed by atoms with Crippen LogP contribution in [-0.4, -0.2) is 43.9 Å². The molecule has 1 aliphatic heterocycles. The largest absolute Gasteiger partial charge is 0.368 e. The molecule has 0 atom stereocenters. The molecule has 1 saturated heterocycles. The number of ketones is 1. The third kappa shape index (κ3) is 2.67. The number of para-hydroxylation sites is 1. The Labute approximate surface area is 103 Å². The van der Waals surface area contributed by atoms with Crippen LogP contribution in [-0.2, 0) is 0 Å². The first-order valence-electron chi connectivity index (χ1n) is 6.28. The van der Waals surface area contributed by atoms with E-state index in [0.29, 0.717) is 6.42 Å². The molecule has 0 N–H and O–H groups in total. The van der Waals surface area contributed by atoms with Crippen LogP contribution in [0.5, 0.6) is 0 Å². The maximum atomic E-state index is 11.9. The first-order valence-corrected chi connectivity index (χ1v) is 6.28. The molecule has 3 heteroatoms. The zero-order chi connectivity index (χ0) is 12.3. The molecule has 92 valence electrons. The third-order valence-corrected chi connectivity index (χ3v) is 3.37. The summed E-state index contributed by atoms with van der Waals surface area (Å²) >= 11 is 0. The van der Waals surface area contributed by atoms with Crippen molar-refractivity contribution in [2.45, 2.75) is 13.3 Å². The van der Waals surface area contributed by atoms with Crippen molar-refractivity contribution in [1.82, 2.24) is 4.90 Å². The second-order valence-electron chi connectivity index (χ2n) is 4.58. The standard InChI is InChI=1S/C14H20N2O/c1-3-14(17)12-6-4-5-7-13(12)16-10-8-15(2)9-11-16/h4-7H,3,8-11H2,1-2H3. The molecule has 1 aromatic rings. The number of benzene rings is 1. The van der Waals surface area contributed by atoms with Gasteiger partial charge in [0.2, 0.25) is 0 Å². The fourth-order valence-corrected chi connectivity index (χ4v) is 2.22. The molecule has 1 heterocycles. The number of piperazine rings is 1. The SMILES string of the molecule is CCC(=O)c1ccccc1N1CCN(C)CC1. The molecule has 0 amide bonds. The van der Waals surface area contributed by atoms with Crippen molar-refractivity contribution >= 4 is 11.5 Å². The lowest BCUT2D eigenvalue weighted by Crippen LogP contribution is -2.44. The van der Waals surface area contributed by atoms with E-state index in [1.54, 1.807) is 0 Å². The molecule has 1 aromatic carbocycles. The fourth-order valence-electron chi connectivity index (χ4n) is 2.22. The van der Waals surface area contributed by atoms with Crippen LogP contribution in [0, 0.1) is 0 Å². The number of likely N-dealkylation sites (N-methyl/N-ethyl adjacent to an activating group) is 1. The normalized spacial score (nSPS) is 17.2. The third-order valence-electron chi connectivity index (χ3n) is 3.37. The maximum Gasteiger partial charge on any atom is 0.164 e. The van der Waals surface area contributed by atoms with Gasteiger partial charge in [0.1, 0.15) is 0 Å². The number of carbonyl (C=O) groups is 1.